The van der Waals surface area contributed by atoms with Crippen molar-refractivity contribution in [3.05, 3.63) is 23.8 Å². The lowest BCUT2D eigenvalue weighted by atomic mass is 10.2. The van der Waals surface area contributed by atoms with Crippen molar-refractivity contribution in [3.63, 3.8) is 0 Å². The molecule has 0 saturated carbocycles. The molecule has 1 aromatic rings. The third-order valence-electron chi connectivity index (χ3n) is 2.31. The molecular formula is C11H16N2O4S. The van der Waals surface area contributed by atoms with Crippen LogP contribution < -0.4 is 15.8 Å². The minimum atomic E-state index is -3.49. The number of amides is 1. The van der Waals surface area contributed by atoms with Crippen molar-refractivity contribution in [3.8, 4) is 5.75 Å². The minimum Gasteiger partial charge on any atom is -0.495 e. The highest BCUT2D eigenvalue weighted by Gasteiger charge is 2.17. The summed E-state index contributed by atoms with van der Waals surface area (Å²) in [5, 5.41) is 2.27. The molecule has 0 fully saturated rings. The van der Waals surface area contributed by atoms with Crippen molar-refractivity contribution in [2.45, 2.75) is 5.75 Å². The lowest BCUT2D eigenvalue weighted by molar-refractivity contribution is -0.118. The summed E-state index contributed by atoms with van der Waals surface area (Å²) in [7, 11) is -0.619. The summed E-state index contributed by atoms with van der Waals surface area (Å²) < 4.78 is 28.4. The number of sulfone groups is 1. The number of hydrogen-bond donors (Lipinski definition) is 2. The molecule has 1 amide bonds. The van der Waals surface area contributed by atoms with Gasteiger partial charge in [-0.3, -0.25) is 4.79 Å². The molecule has 0 aliphatic heterocycles. The molecule has 1 aromatic carbocycles. The van der Waals surface area contributed by atoms with Crippen molar-refractivity contribution >= 4 is 21.4 Å². The summed E-state index contributed by atoms with van der Waals surface area (Å²) in [6, 6.07) is 4.73. The lowest BCUT2D eigenvalue weighted by Gasteiger charge is -2.07. The van der Waals surface area contributed by atoms with Gasteiger partial charge in [0, 0.05) is 7.05 Å². The molecule has 7 heteroatoms. The monoisotopic (exact) mass is 272 g/mol. The number of rotatable bonds is 5. The maximum atomic E-state index is 11.7. The standard InChI is InChI=1S/C11H16N2O4S/c1-13-11(14)7-18(15,16)6-8-3-4-10(17-2)9(12)5-8/h3-5H,6-7,12H2,1-2H3,(H,13,14). The quantitative estimate of drug-likeness (QED) is 0.732. The average molecular weight is 272 g/mol. The van der Waals surface area contributed by atoms with Gasteiger partial charge in [0.15, 0.2) is 9.84 Å². The fourth-order valence-electron chi connectivity index (χ4n) is 1.45. The maximum absolute atomic E-state index is 11.7. The summed E-state index contributed by atoms with van der Waals surface area (Å²) >= 11 is 0. The molecule has 1 rings (SSSR count). The van der Waals surface area contributed by atoms with Gasteiger partial charge in [-0.1, -0.05) is 6.07 Å². The van der Waals surface area contributed by atoms with Crippen LogP contribution in [-0.4, -0.2) is 34.2 Å². The second-order valence-electron chi connectivity index (χ2n) is 3.78. The van der Waals surface area contributed by atoms with E-state index in [1.807, 2.05) is 0 Å². The first-order valence-corrected chi connectivity index (χ1v) is 7.03. The number of carbonyl (C=O) groups is 1. The predicted octanol–water partition coefficient (Wildman–Crippen LogP) is -0.0618. The van der Waals surface area contributed by atoms with Gasteiger partial charge in [0.1, 0.15) is 11.5 Å². The molecule has 0 spiro atoms. The topological polar surface area (TPSA) is 98.5 Å². The zero-order chi connectivity index (χ0) is 13.8. The second kappa shape index (κ2) is 5.72. The number of ether oxygens (including phenoxy) is 1. The molecule has 100 valence electrons. The van der Waals surface area contributed by atoms with E-state index in [0.717, 1.165) is 0 Å². The Hall–Kier alpha value is -1.76. The summed E-state index contributed by atoms with van der Waals surface area (Å²) in [6.07, 6.45) is 0. The third kappa shape index (κ3) is 3.92. The zero-order valence-electron chi connectivity index (χ0n) is 10.3. The molecule has 0 saturated heterocycles. The maximum Gasteiger partial charge on any atom is 0.234 e. The van der Waals surface area contributed by atoms with E-state index in [9.17, 15) is 13.2 Å². The van der Waals surface area contributed by atoms with Gasteiger partial charge < -0.3 is 15.8 Å². The number of nitrogen functional groups attached to an aromatic ring is 1. The highest BCUT2D eigenvalue weighted by atomic mass is 32.2. The van der Waals surface area contributed by atoms with E-state index >= 15 is 0 Å². The summed E-state index contributed by atoms with van der Waals surface area (Å²) in [5.74, 6) is -0.803. The third-order valence-corrected chi connectivity index (χ3v) is 3.79. The molecular weight excluding hydrogens is 256 g/mol. The Morgan fingerprint density at radius 3 is 2.61 bits per heavy atom. The molecule has 0 aliphatic rings. The zero-order valence-corrected chi connectivity index (χ0v) is 11.1. The van der Waals surface area contributed by atoms with Crippen molar-refractivity contribution in [1.29, 1.82) is 0 Å². The smallest absolute Gasteiger partial charge is 0.234 e. The van der Waals surface area contributed by atoms with Crippen LogP contribution in [0.3, 0.4) is 0 Å². The highest BCUT2D eigenvalue weighted by Crippen LogP contribution is 2.22. The number of carbonyl (C=O) groups excluding carboxylic acids is 1. The number of nitrogens with one attached hydrogen (secondary N) is 1. The average Bonchev–Trinajstić information content (AvgIpc) is 2.27. The van der Waals surface area contributed by atoms with Gasteiger partial charge in [-0.2, -0.15) is 0 Å². The Labute approximate surface area is 106 Å². The highest BCUT2D eigenvalue weighted by molar-refractivity contribution is 7.91. The normalized spacial score (nSPS) is 11.0. The first-order valence-electron chi connectivity index (χ1n) is 5.21. The molecule has 0 radical (unpaired) electrons. The van der Waals surface area contributed by atoms with Gasteiger partial charge in [0.2, 0.25) is 5.91 Å². The van der Waals surface area contributed by atoms with Gasteiger partial charge in [-0.15, -0.1) is 0 Å². The molecule has 3 N–H and O–H groups in total. The lowest BCUT2D eigenvalue weighted by Crippen LogP contribution is -2.27. The van der Waals surface area contributed by atoms with Crippen LogP contribution >= 0.6 is 0 Å². The summed E-state index contributed by atoms with van der Waals surface area (Å²) in [5.41, 5.74) is 6.57. The minimum absolute atomic E-state index is 0.228. The Bertz CT molecular complexity index is 540. The van der Waals surface area contributed by atoms with Gasteiger partial charge in [-0.25, -0.2) is 8.42 Å². The van der Waals surface area contributed by atoms with Crippen molar-refractivity contribution in [1.82, 2.24) is 5.32 Å². The van der Waals surface area contributed by atoms with Crippen LogP contribution in [0.15, 0.2) is 18.2 Å². The SMILES string of the molecule is CNC(=O)CS(=O)(=O)Cc1ccc(OC)c(N)c1. The number of methoxy groups -OCH3 is 1. The van der Waals surface area contributed by atoms with E-state index in [1.54, 1.807) is 12.1 Å². The second-order valence-corrected chi connectivity index (χ2v) is 5.85. The van der Waals surface area contributed by atoms with Crippen LogP contribution in [0.2, 0.25) is 0 Å². The largest absolute Gasteiger partial charge is 0.495 e. The van der Waals surface area contributed by atoms with Crippen LogP contribution in [0.25, 0.3) is 0 Å². The Morgan fingerprint density at radius 1 is 1.44 bits per heavy atom. The molecule has 0 bridgehead atoms. The van der Waals surface area contributed by atoms with Crippen molar-refractivity contribution in [2.24, 2.45) is 0 Å². The Balaban J connectivity index is 2.84. The Morgan fingerprint density at radius 2 is 2.11 bits per heavy atom. The molecule has 0 aromatic heterocycles. The van der Waals surface area contributed by atoms with Crippen LogP contribution in [0.4, 0.5) is 5.69 Å². The van der Waals surface area contributed by atoms with Crippen molar-refractivity contribution in [2.75, 3.05) is 25.6 Å². The van der Waals surface area contributed by atoms with E-state index < -0.39 is 21.5 Å². The first-order chi connectivity index (χ1) is 8.38. The first kappa shape index (κ1) is 14.3. The molecule has 0 atom stereocenters. The van der Waals surface area contributed by atoms with E-state index in [1.165, 1.54) is 20.2 Å². The molecule has 0 aliphatic carbocycles. The van der Waals surface area contributed by atoms with E-state index in [4.69, 9.17) is 10.5 Å². The number of benzene rings is 1. The molecule has 0 unspecified atom stereocenters. The van der Waals surface area contributed by atoms with E-state index in [2.05, 4.69) is 5.32 Å². The fraction of sp³-hybridized carbons (Fsp3) is 0.364. The molecule has 18 heavy (non-hydrogen) atoms. The summed E-state index contributed by atoms with van der Waals surface area (Å²) in [4.78, 5) is 11.1. The Kier molecular flexibility index (Phi) is 4.55. The number of anilines is 1. The fourth-order valence-corrected chi connectivity index (χ4v) is 2.78. The number of nitrogens with two attached hydrogens (primary N) is 1. The van der Waals surface area contributed by atoms with Gasteiger partial charge >= 0.3 is 0 Å². The van der Waals surface area contributed by atoms with Crippen LogP contribution in [0.1, 0.15) is 5.56 Å². The van der Waals surface area contributed by atoms with Crippen LogP contribution in [0.5, 0.6) is 5.75 Å². The molecule has 6 nitrogen and oxygen atoms in total. The summed E-state index contributed by atoms with van der Waals surface area (Å²) in [6.45, 7) is 0. The van der Waals surface area contributed by atoms with Crippen LogP contribution in [0, 0.1) is 0 Å². The van der Waals surface area contributed by atoms with E-state index in [0.29, 0.717) is 17.0 Å². The van der Waals surface area contributed by atoms with Gasteiger partial charge in [-0.05, 0) is 17.7 Å². The van der Waals surface area contributed by atoms with Gasteiger partial charge in [0.05, 0.1) is 18.6 Å². The number of hydrogen-bond acceptors (Lipinski definition) is 5. The van der Waals surface area contributed by atoms with Crippen LogP contribution in [-0.2, 0) is 20.4 Å². The van der Waals surface area contributed by atoms with Gasteiger partial charge in [0.25, 0.3) is 0 Å². The van der Waals surface area contributed by atoms with Crippen molar-refractivity contribution < 1.29 is 17.9 Å². The van der Waals surface area contributed by atoms with E-state index in [-0.39, 0.29) is 5.75 Å². The molecule has 0 heterocycles. The predicted molar refractivity (Wildman–Crippen MR) is 69.0 cm³/mol.